The van der Waals surface area contributed by atoms with E-state index < -0.39 is 0 Å². The molecule has 1 aromatic heterocycles. The van der Waals surface area contributed by atoms with Crippen molar-refractivity contribution in [2.45, 2.75) is 34.1 Å². The third kappa shape index (κ3) is 5.20. The van der Waals surface area contributed by atoms with Gasteiger partial charge in [-0.1, -0.05) is 23.8 Å². The second-order valence-electron chi connectivity index (χ2n) is 6.94. The van der Waals surface area contributed by atoms with Gasteiger partial charge in [-0.25, -0.2) is 4.98 Å². The quantitative estimate of drug-likeness (QED) is 0.554. The maximum absolute atomic E-state index is 12.6. The number of nitrogens with one attached hydrogen (secondary N) is 1. The summed E-state index contributed by atoms with van der Waals surface area (Å²) in [5.41, 5.74) is 3.37. The molecule has 2 aromatic carbocycles. The summed E-state index contributed by atoms with van der Waals surface area (Å²) in [5, 5.41) is 2.92. The predicted octanol–water partition coefficient (Wildman–Crippen LogP) is 4.73. The molecule has 0 radical (unpaired) electrons. The van der Waals surface area contributed by atoms with Crippen molar-refractivity contribution in [3.63, 3.8) is 0 Å². The van der Waals surface area contributed by atoms with Crippen molar-refractivity contribution in [2.24, 2.45) is 0 Å². The molecule has 0 aliphatic carbocycles. The molecule has 158 valence electrons. The van der Waals surface area contributed by atoms with E-state index >= 15 is 0 Å². The number of hydrogen-bond donors (Lipinski definition) is 1. The van der Waals surface area contributed by atoms with Crippen LogP contribution in [0.3, 0.4) is 0 Å². The van der Waals surface area contributed by atoms with Crippen molar-refractivity contribution in [3.05, 3.63) is 65.0 Å². The lowest BCUT2D eigenvalue weighted by Gasteiger charge is -2.12. The van der Waals surface area contributed by atoms with Crippen LogP contribution in [-0.4, -0.2) is 30.6 Å². The normalized spacial score (nSPS) is 10.7. The number of hydrogen-bond acceptors (Lipinski definition) is 5. The highest BCUT2D eigenvalue weighted by atomic mass is 16.5. The second kappa shape index (κ2) is 9.96. The minimum absolute atomic E-state index is 0.245. The summed E-state index contributed by atoms with van der Waals surface area (Å²) in [6.07, 6.45) is 0.667. The SMILES string of the molecule is CCOc1ccc(CCNC(=O)c2nc(-c3ccc(C)cc3)oc2C)cc1OCC. The Hall–Kier alpha value is -3.28. The zero-order chi connectivity index (χ0) is 21.5. The Bertz CT molecular complexity index is 993. The van der Waals surface area contributed by atoms with Gasteiger partial charge in [0.1, 0.15) is 5.76 Å². The summed E-state index contributed by atoms with van der Waals surface area (Å²) < 4.78 is 17.0. The molecule has 6 nitrogen and oxygen atoms in total. The summed E-state index contributed by atoms with van der Waals surface area (Å²) >= 11 is 0. The number of carbonyl (C=O) groups excluding carboxylic acids is 1. The predicted molar refractivity (Wildman–Crippen MR) is 116 cm³/mol. The highest BCUT2D eigenvalue weighted by molar-refractivity contribution is 5.93. The monoisotopic (exact) mass is 408 g/mol. The minimum atomic E-state index is -0.245. The standard InChI is InChI=1S/C24H28N2O4/c1-5-28-20-12-9-18(15-21(20)29-6-2)13-14-25-23(27)22-17(4)30-24(26-22)19-10-7-16(3)8-11-19/h7-12,15H,5-6,13-14H2,1-4H3,(H,25,27). The van der Waals surface area contributed by atoms with E-state index in [2.05, 4.69) is 10.3 Å². The zero-order valence-corrected chi connectivity index (χ0v) is 18.0. The molecule has 3 rings (SSSR count). The number of aromatic nitrogens is 1. The van der Waals surface area contributed by atoms with Gasteiger partial charge in [-0.05, 0) is 63.9 Å². The van der Waals surface area contributed by atoms with Crippen LogP contribution < -0.4 is 14.8 Å². The van der Waals surface area contributed by atoms with Crippen molar-refractivity contribution in [1.82, 2.24) is 10.3 Å². The van der Waals surface area contributed by atoms with Crippen LogP contribution in [0.5, 0.6) is 11.5 Å². The molecular formula is C24H28N2O4. The average molecular weight is 408 g/mol. The van der Waals surface area contributed by atoms with Gasteiger partial charge in [0.2, 0.25) is 5.89 Å². The van der Waals surface area contributed by atoms with Gasteiger partial charge in [-0.3, -0.25) is 4.79 Å². The van der Waals surface area contributed by atoms with Crippen LogP contribution in [0, 0.1) is 13.8 Å². The van der Waals surface area contributed by atoms with E-state index in [0.29, 0.717) is 43.5 Å². The van der Waals surface area contributed by atoms with Crippen LogP contribution in [0.25, 0.3) is 11.5 Å². The molecule has 3 aromatic rings. The van der Waals surface area contributed by atoms with Crippen molar-refractivity contribution < 1.29 is 18.7 Å². The Morgan fingerprint density at radius 1 is 1.00 bits per heavy atom. The lowest BCUT2D eigenvalue weighted by atomic mass is 10.1. The van der Waals surface area contributed by atoms with Gasteiger partial charge in [0, 0.05) is 12.1 Å². The molecule has 0 saturated heterocycles. The van der Waals surface area contributed by atoms with Crippen molar-refractivity contribution >= 4 is 5.91 Å². The van der Waals surface area contributed by atoms with Crippen LogP contribution in [0.4, 0.5) is 0 Å². The van der Waals surface area contributed by atoms with Gasteiger partial charge in [0.25, 0.3) is 5.91 Å². The van der Waals surface area contributed by atoms with Crippen molar-refractivity contribution in [3.8, 4) is 23.0 Å². The highest BCUT2D eigenvalue weighted by Gasteiger charge is 2.18. The molecule has 1 amide bonds. The number of benzene rings is 2. The second-order valence-corrected chi connectivity index (χ2v) is 6.94. The minimum Gasteiger partial charge on any atom is -0.490 e. The number of nitrogens with zero attached hydrogens (tertiary/aromatic N) is 1. The number of aryl methyl sites for hydroxylation is 2. The molecule has 0 bridgehead atoms. The Morgan fingerprint density at radius 2 is 1.70 bits per heavy atom. The third-order valence-electron chi connectivity index (χ3n) is 4.62. The molecule has 0 spiro atoms. The first-order valence-corrected chi connectivity index (χ1v) is 10.2. The fourth-order valence-electron chi connectivity index (χ4n) is 3.08. The molecule has 0 aliphatic heterocycles. The summed E-state index contributed by atoms with van der Waals surface area (Å²) in [6, 6.07) is 13.7. The van der Waals surface area contributed by atoms with Crippen molar-refractivity contribution in [2.75, 3.05) is 19.8 Å². The summed E-state index contributed by atoms with van der Waals surface area (Å²) in [5.74, 6) is 2.16. The molecule has 30 heavy (non-hydrogen) atoms. The van der Waals surface area contributed by atoms with E-state index in [0.717, 1.165) is 28.2 Å². The van der Waals surface area contributed by atoms with Crippen LogP contribution >= 0.6 is 0 Å². The lowest BCUT2D eigenvalue weighted by Crippen LogP contribution is -2.26. The molecule has 0 atom stereocenters. The number of ether oxygens (including phenoxy) is 2. The van der Waals surface area contributed by atoms with E-state index in [9.17, 15) is 4.79 Å². The number of rotatable bonds is 9. The molecular weight excluding hydrogens is 380 g/mol. The molecule has 1 N–H and O–H groups in total. The first kappa shape index (κ1) is 21.4. The summed E-state index contributed by atoms with van der Waals surface area (Å²) in [7, 11) is 0. The van der Waals surface area contributed by atoms with E-state index in [1.807, 2.05) is 63.2 Å². The number of amides is 1. The summed E-state index contributed by atoms with van der Waals surface area (Å²) in [4.78, 5) is 17.0. The first-order chi connectivity index (χ1) is 14.5. The van der Waals surface area contributed by atoms with Crippen LogP contribution in [0.15, 0.2) is 46.9 Å². The largest absolute Gasteiger partial charge is 0.490 e. The fraction of sp³-hybridized carbons (Fsp3) is 0.333. The van der Waals surface area contributed by atoms with E-state index in [-0.39, 0.29) is 5.91 Å². The number of carbonyl (C=O) groups is 1. The highest BCUT2D eigenvalue weighted by Crippen LogP contribution is 2.28. The molecule has 0 aliphatic rings. The van der Waals surface area contributed by atoms with Gasteiger partial charge in [0.05, 0.1) is 13.2 Å². The van der Waals surface area contributed by atoms with Gasteiger partial charge in [0.15, 0.2) is 17.2 Å². The molecule has 6 heteroatoms. The lowest BCUT2D eigenvalue weighted by molar-refractivity contribution is 0.0948. The van der Waals surface area contributed by atoms with Crippen LogP contribution in [0.2, 0.25) is 0 Å². The number of oxazole rings is 1. The van der Waals surface area contributed by atoms with E-state index in [4.69, 9.17) is 13.9 Å². The Kier molecular flexibility index (Phi) is 7.12. The van der Waals surface area contributed by atoms with Crippen LogP contribution in [0.1, 0.15) is 41.2 Å². The molecule has 0 unspecified atom stereocenters. The van der Waals surface area contributed by atoms with Crippen molar-refractivity contribution in [1.29, 1.82) is 0 Å². The molecule has 0 fully saturated rings. The zero-order valence-electron chi connectivity index (χ0n) is 18.0. The Balaban J connectivity index is 1.62. The van der Waals surface area contributed by atoms with Crippen LogP contribution in [-0.2, 0) is 6.42 Å². The van der Waals surface area contributed by atoms with Gasteiger partial charge < -0.3 is 19.2 Å². The fourth-order valence-corrected chi connectivity index (χ4v) is 3.08. The first-order valence-electron chi connectivity index (χ1n) is 10.2. The Morgan fingerprint density at radius 3 is 2.40 bits per heavy atom. The maximum Gasteiger partial charge on any atom is 0.273 e. The Labute approximate surface area is 177 Å². The molecule has 1 heterocycles. The maximum atomic E-state index is 12.6. The average Bonchev–Trinajstić information content (AvgIpc) is 3.12. The van der Waals surface area contributed by atoms with Gasteiger partial charge in [-0.2, -0.15) is 0 Å². The van der Waals surface area contributed by atoms with Gasteiger partial charge in [-0.15, -0.1) is 0 Å². The molecule has 0 saturated carbocycles. The smallest absolute Gasteiger partial charge is 0.273 e. The van der Waals surface area contributed by atoms with Gasteiger partial charge >= 0.3 is 0 Å². The third-order valence-corrected chi connectivity index (χ3v) is 4.62. The summed E-state index contributed by atoms with van der Waals surface area (Å²) in [6.45, 7) is 9.27. The topological polar surface area (TPSA) is 73.6 Å². The van der Waals surface area contributed by atoms with E-state index in [1.165, 1.54) is 0 Å². The van der Waals surface area contributed by atoms with E-state index in [1.54, 1.807) is 6.92 Å².